The van der Waals surface area contributed by atoms with E-state index in [-0.39, 0.29) is 49.8 Å². The largest absolute Gasteiger partial charge is 0.285 e. The first-order valence-electron chi connectivity index (χ1n) is 6.92. The van der Waals surface area contributed by atoms with E-state index in [0.717, 1.165) is 9.80 Å². The number of carbonyl (C=O) groups excluding carboxylic acids is 4. The Bertz CT molecular complexity index is 401. The van der Waals surface area contributed by atoms with Gasteiger partial charge in [0.1, 0.15) is 0 Å². The van der Waals surface area contributed by atoms with Gasteiger partial charge in [-0.05, 0) is 6.42 Å². The van der Waals surface area contributed by atoms with Crippen molar-refractivity contribution in [1.82, 2.24) is 19.6 Å². The summed E-state index contributed by atoms with van der Waals surface area (Å²) in [6, 6.07) is 0. The summed E-state index contributed by atoms with van der Waals surface area (Å²) in [5.74, 6) is -0.792. The van der Waals surface area contributed by atoms with Crippen LogP contribution in [0.4, 0.5) is 0 Å². The molecule has 2 aliphatic heterocycles. The van der Waals surface area contributed by atoms with E-state index in [1.165, 1.54) is 14.1 Å². The molecule has 0 saturated carbocycles. The number of amides is 4. The number of nitrogens with zero attached hydrogens (tertiary/aromatic N) is 4. The van der Waals surface area contributed by atoms with Gasteiger partial charge in [-0.15, -0.1) is 0 Å². The Morgan fingerprint density at radius 2 is 0.952 bits per heavy atom. The Balaban J connectivity index is 1.75. The summed E-state index contributed by atoms with van der Waals surface area (Å²) in [5.41, 5.74) is 0. The average molecular weight is 296 g/mol. The van der Waals surface area contributed by atoms with E-state index >= 15 is 0 Å². The van der Waals surface area contributed by atoms with Crippen LogP contribution in [0.1, 0.15) is 6.42 Å². The minimum Gasteiger partial charge on any atom is -0.285 e. The molecule has 0 aromatic carbocycles. The van der Waals surface area contributed by atoms with Gasteiger partial charge in [0.05, 0.1) is 26.2 Å². The Kier molecular flexibility index (Phi) is 4.69. The summed E-state index contributed by atoms with van der Waals surface area (Å²) in [6.07, 6.45) is 0.703. The SMILES string of the molecule is CN1C(=O)CN(CCCN2CC(=O)N(C)C(=O)C2)CC1=O. The van der Waals surface area contributed by atoms with Gasteiger partial charge in [0.15, 0.2) is 0 Å². The zero-order valence-electron chi connectivity index (χ0n) is 12.4. The third kappa shape index (κ3) is 3.64. The molecule has 0 N–H and O–H groups in total. The maximum Gasteiger partial charge on any atom is 0.243 e. The molecule has 8 heteroatoms. The molecular weight excluding hydrogens is 276 g/mol. The van der Waals surface area contributed by atoms with E-state index in [1.54, 1.807) is 9.80 Å². The third-order valence-electron chi connectivity index (χ3n) is 3.88. The highest BCUT2D eigenvalue weighted by Gasteiger charge is 2.29. The van der Waals surface area contributed by atoms with Crippen LogP contribution in [0.15, 0.2) is 0 Å². The number of carbonyl (C=O) groups is 4. The predicted octanol–water partition coefficient (Wildman–Crippen LogP) is -2.02. The first-order valence-corrected chi connectivity index (χ1v) is 6.92. The van der Waals surface area contributed by atoms with Crippen LogP contribution in [0.5, 0.6) is 0 Å². The first-order chi connectivity index (χ1) is 9.88. The van der Waals surface area contributed by atoms with Gasteiger partial charge in [0, 0.05) is 27.2 Å². The van der Waals surface area contributed by atoms with Crippen LogP contribution < -0.4 is 0 Å². The molecule has 0 atom stereocenters. The van der Waals surface area contributed by atoms with Gasteiger partial charge in [-0.1, -0.05) is 0 Å². The maximum absolute atomic E-state index is 11.6. The minimum atomic E-state index is -0.198. The summed E-state index contributed by atoms with van der Waals surface area (Å²) in [5, 5.41) is 0. The van der Waals surface area contributed by atoms with Gasteiger partial charge in [-0.3, -0.25) is 38.8 Å². The van der Waals surface area contributed by atoms with E-state index in [1.807, 2.05) is 0 Å². The minimum absolute atomic E-state index is 0.198. The van der Waals surface area contributed by atoms with Crippen LogP contribution in [0, 0.1) is 0 Å². The quantitative estimate of drug-likeness (QED) is 0.557. The summed E-state index contributed by atoms with van der Waals surface area (Å²) in [4.78, 5) is 52.1. The highest BCUT2D eigenvalue weighted by Crippen LogP contribution is 2.06. The van der Waals surface area contributed by atoms with E-state index in [2.05, 4.69) is 0 Å². The summed E-state index contributed by atoms with van der Waals surface area (Å²) in [6.45, 7) is 2.15. The Labute approximate surface area is 123 Å². The predicted molar refractivity (Wildman–Crippen MR) is 73.1 cm³/mol. The lowest BCUT2D eigenvalue weighted by Crippen LogP contribution is -2.54. The molecule has 2 rings (SSSR count). The second kappa shape index (κ2) is 6.31. The van der Waals surface area contributed by atoms with Crippen LogP contribution in [0.25, 0.3) is 0 Å². The molecule has 2 saturated heterocycles. The van der Waals surface area contributed by atoms with Gasteiger partial charge < -0.3 is 0 Å². The maximum atomic E-state index is 11.6. The van der Waals surface area contributed by atoms with Crippen molar-refractivity contribution >= 4 is 23.6 Å². The molecule has 2 fully saturated rings. The topological polar surface area (TPSA) is 81.2 Å². The van der Waals surface area contributed by atoms with Gasteiger partial charge in [-0.2, -0.15) is 0 Å². The zero-order chi connectivity index (χ0) is 15.6. The van der Waals surface area contributed by atoms with E-state index < -0.39 is 0 Å². The molecule has 0 spiro atoms. The average Bonchev–Trinajstić information content (AvgIpc) is 2.42. The molecule has 21 heavy (non-hydrogen) atoms. The lowest BCUT2D eigenvalue weighted by molar-refractivity contribution is -0.150. The summed E-state index contributed by atoms with van der Waals surface area (Å²) < 4.78 is 0. The molecule has 4 amide bonds. The van der Waals surface area contributed by atoms with Gasteiger partial charge >= 0.3 is 0 Å². The second-order valence-electron chi connectivity index (χ2n) is 5.47. The van der Waals surface area contributed by atoms with Crippen molar-refractivity contribution in [2.24, 2.45) is 0 Å². The summed E-state index contributed by atoms with van der Waals surface area (Å²) in [7, 11) is 2.98. The van der Waals surface area contributed by atoms with Crippen LogP contribution in [0.2, 0.25) is 0 Å². The molecule has 116 valence electrons. The molecule has 2 heterocycles. The Hall–Kier alpha value is -1.80. The van der Waals surface area contributed by atoms with E-state index in [0.29, 0.717) is 19.5 Å². The van der Waals surface area contributed by atoms with Gasteiger partial charge in [0.25, 0.3) is 0 Å². The Morgan fingerprint density at radius 1 is 0.667 bits per heavy atom. The fourth-order valence-electron chi connectivity index (χ4n) is 2.41. The van der Waals surface area contributed by atoms with Crippen LogP contribution in [-0.2, 0) is 19.2 Å². The second-order valence-corrected chi connectivity index (χ2v) is 5.47. The lowest BCUT2D eigenvalue weighted by atomic mass is 10.2. The van der Waals surface area contributed by atoms with Crippen molar-refractivity contribution in [2.45, 2.75) is 6.42 Å². The van der Waals surface area contributed by atoms with Crippen molar-refractivity contribution in [1.29, 1.82) is 0 Å². The lowest BCUT2D eigenvalue weighted by Gasteiger charge is -2.32. The molecule has 0 aromatic heterocycles. The molecule has 8 nitrogen and oxygen atoms in total. The van der Waals surface area contributed by atoms with Crippen molar-refractivity contribution < 1.29 is 19.2 Å². The van der Waals surface area contributed by atoms with Crippen LogP contribution in [0.3, 0.4) is 0 Å². The molecule has 2 aliphatic rings. The first kappa shape index (κ1) is 15.6. The molecule has 0 aromatic rings. The van der Waals surface area contributed by atoms with Crippen molar-refractivity contribution in [2.75, 3.05) is 53.4 Å². The third-order valence-corrected chi connectivity index (χ3v) is 3.88. The zero-order valence-corrected chi connectivity index (χ0v) is 12.4. The Morgan fingerprint density at radius 3 is 1.24 bits per heavy atom. The van der Waals surface area contributed by atoms with Gasteiger partial charge in [0.2, 0.25) is 23.6 Å². The highest BCUT2D eigenvalue weighted by molar-refractivity contribution is 5.99. The van der Waals surface area contributed by atoms with Crippen molar-refractivity contribution in [3.63, 3.8) is 0 Å². The van der Waals surface area contributed by atoms with Crippen LogP contribution >= 0.6 is 0 Å². The molecule has 0 aliphatic carbocycles. The number of hydrogen-bond acceptors (Lipinski definition) is 6. The fraction of sp³-hybridized carbons (Fsp3) is 0.692. The summed E-state index contributed by atoms with van der Waals surface area (Å²) >= 11 is 0. The standard InChI is InChI=1S/C13H20N4O4/c1-14-10(18)6-16(7-11(14)19)4-3-5-17-8-12(20)15(2)13(21)9-17/h3-9H2,1-2H3. The van der Waals surface area contributed by atoms with E-state index in [4.69, 9.17) is 0 Å². The van der Waals surface area contributed by atoms with E-state index in [9.17, 15) is 19.2 Å². The molecule has 0 unspecified atom stereocenters. The van der Waals surface area contributed by atoms with Crippen LogP contribution in [-0.4, -0.2) is 96.6 Å². The number of likely N-dealkylation sites (N-methyl/N-ethyl adjacent to an activating group) is 2. The molecule has 0 radical (unpaired) electrons. The molecule has 0 bridgehead atoms. The normalized spacial score (nSPS) is 22.4. The monoisotopic (exact) mass is 296 g/mol. The number of piperazine rings is 2. The van der Waals surface area contributed by atoms with Crippen molar-refractivity contribution in [3.8, 4) is 0 Å². The van der Waals surface area contributed by atoms with Gasteiger partial charge in [-0.25, -0.2) is 0 Å². The number of imide groups is 2. The fourth-order valence-corrected chi connectivity index (χ4v) is 2.41. The molecular formula is C13H20N4O4. The van der Waals surface area contributed by atoms with Crippen molar-refractivity contribution in [3.05, 3.63) is 0 Å². The number of hydrogen-bond donors (Lipinski definition) is 0. The highest BCUT2D eigenvalue weighted by atomic mass is 16.2. The smallest absolute Gasteiger partial charge is 0.243 e. The number of rotatable bonds is 4.